The number of hydrogen-bond acceptors (Lipinski definition) is 2. The minimum Gasteiger partial charge on any atom is -0.494 e. The van der Waals surface area contributed by atoms with Gasteiger partial charge in [-0.25, -0.2) is 0 Å². The highest BCUT2D eigenvalue weighted by Gasteiger charge is 2.14. The molecule has 3 nitrogen and oxygen atoms in total. The van der Waals surface area contributed by atoms with Crippen molar-refractivity contribution in [1.29, 1.82) is 0 Å². The fraction of sp³-hybridized carbons (Fsp3) is 0.417. The summed E-state index contributed by atoms with van der Waals surface area (Å²) in [6.45, 7) is 6.14. The Morgan fingerprint density at radius 3 is 2.67 bits per heavy atom. The summed E-state index contributed by atoms with van der Waals surface area (Å²) in [7, 11) is 0. The molecular weight excluding hydrogens is 192 g/mol. The first-order chi connectivity index (χ1) is 7.06. The summed E-state index contributed by atoms with van der Waals surface area (Å²) in [5.74, 6) is -0.461. The van der Waals surface area contributed by atoms with Gasteiger partial charge in [0.1, 0.15) is 5.75 Å². The van der Waals surface area contributed by atoms with Gasteiger partial charge in [0.2, 0.25) is 0 Å². The largest absolute Gasteiger partial charge is 0.494 e. The lowest BCUT2D eigenvalue weighted by atomic mass is 9.99. The summed E-state index contributed by atoms with van der Waals surface area (Å²) in [4.78, 5) is 10.8. The van der Waals surface area contributed by atoms with Crippen LogP contribution >= 0.6 is 0 Å². The van der Waals surface area contributed by atoms with Crippen LogP contribution in [0.5, 0.6) is 5.75 Å². The third-order valence-corrected chi connectivity index (χ3v) is 2.37. The van der Waals surface area contributed by atoms with Gasteiger partial charge in [0, 0.05) is 0 Å². The van der Waals surface area contributed by atoms with Crippen LogP contribution in [-0.2, 0) is 4.79 Å². The van der Waals surface area contributed by atoms with Crippen molar-refractivity contribution in [3.8, 4) is 5.75 Å². The zero-order valence-electron chi connectivity index (χ0n) is 9.28. The van der Waals surface area contributed by atoms with Gasteiger partial charge in [-0.1, -0.05) is 12.1 Å². The molecule has 0 radical (unpaired) electrons. The third-order valence-electron chi connectivity index (χ3n) is 2.37. The van der Waals surface area contributed by atoms with Crippen LogP contribution in [0.3, 0.4) is 0 Å². The van der Waals surface area contributed by atoms with Gasteiger partial charge < -0.3 is 9.84 Å². The van der Waals surface area contributed by atoms with E-state index in [9.17, 15) is 4.79 Å². The average molecular weight is 208 g/mol. The molecule has 82 valence electrons. The van der Waals surface area contributed by atoms with Gasteiger partial charge in [-0.05, 0) is 38.0 Å². The summed E-state index contributed by atoms with van der Waals surface area (Å²) < 4.78 is 5.38. The number of rotatable bonds is 4. The van der Waals surface area contributed by atoms with E-state index in [1.807, 2.05) is 26.0 Å². The maximum absolute atomic E-state index is 10.8. The SMILES string of the molecule is CCOc1ccc(C(C)C(=O)O)cc1C. The second kappa shape index (κ2) is 4.82. The molecule has 0 spiro atoms. The molecule has 1 unspecified atom stereocenters. The van der Waals surface area contributed by atoms with Crippen molar-refractivity contribution in [1.82, 2.24) is 0 Å². The Balaban J connectivity index is 2.95. The average Bonchev–Trinajstić information content (AvgIpc) is 2.20. The van der Waals surface area contributed by atoms with Crippen molar-refractivity contribution in [2.45, 2.75) is 26.7 Å². The van der Waals surface area contributed by atoms with E-state index in [2.05, 4.69) is 0 Å². The normalized spacial score (nSPS) is 12.2. The van der Waals surface area contributed by atoms with Gasteiger partial charge in [0.15, 0.2) is 0 Å². The van der Waals surface area contributed by atoms with E-state index in [1.165, 1.54) is 0 Å². The third kappa shape index (κ3) is 2.72. The lowest BCUT2D eigenvalue weighted by Gasteiger charge is -2.11. The Kier molecular flexibility index (Phi) is 3.72. The molecule has 0 aromatic heterocycles. The Morgan fingerprint density at radius 2 is 2.20 bits per heavy atom. The monoisotopic (exact) mass is 208 g/mol. The molecule has 0 amide bonds. The van der Waals surface area contributed by atoms with Crippen LogP contribution in [0.15, 0.2) is 18.2 Å². The Bertz CT molecular complexity index is 358. The van der Waals surface area contributed by atoms with Gasteiger partial charge in [-0.15, -0.1) is 0 Å². The Hall–Kier alpha value is -1.51. The first-order valence-electron chi connectivity index (χ1n) is 5.02. The molecule has 0 saturated heterocycles. The molecule has 1 atom stereocenters. The summed E-state index contributed by atoms with van der Waals surface area (Å²) >= 11 is 0. The van der Waals surface area contributed by atoms with Crippen LogP contribution in [0.2, 0.25) is 0 Å². The standard InChI is InChI=1S/C12H16O3/c1-4-15-11-6-5-10(7-8(11)2)9(3)12(13)14/h5-7,9H,4H2,1-3H3,(H,13,14). The number of carbonyl (C=O) groups is 1. The van der Waals surface area contributed by atoms with Gasteiger partial charge in [0.05, 0.1) is 12.5 Å². The topological polar surface area (TPSA) is 46.5 Å². The van der Waals surface area contributed by atoms with Crippen LogP contribution in [0, 0.1) is 6.92 Å². The first kappa shape index (κ1) is 11.6. The highest BCUT2D eigenvalue weighted by Crippen LogP contribution is 2.23. The lowest BCUT2D eigenvalue weighted by molar-refractivity contribution is -0.138. The van der Waals surface area contributed by atoms with E-state index in [1.54, 1.807) is 13.0 Å². The molecule has 0 aliphatic heterocycles. The van der Waals surface area contributed by atoms with Crippen molar-refractivity contribution in [2.24, 2.45) is 0 Å². The van der Waals surface area contributed by atoms with Gasteiger partial charge in [-0.2, -0.15) is 0 Å². The molecule has 1 rings (SSSR count). The zero-order chi connectivity index (χ0) is 11.4. The molecular formula is C12H16O3. The van der Waals surface area contributed by atoms with Crippen LogP contribution in [0.25, 0.3) is 0 Å². The van der Waals surface area contributed by atoms with Crippen molar-refractivity contribution < 1.29 is 14.6 Å². The minimum atomic E-state index is -0.807. The maximum atomic E-state index is 10.8. The highest BCUT2D eigenvalue weighted by molar-refractivity contribution is 5.75. The van der Waals surface area contributed by atoms with Crippen molar-refractivity contribution in [2.75, 3.05) is 6.61 Å². The number of aryl methyl sites for hydroxylation is 1. The number of ether oxygens (including phenoxy) is 1. The molecule has 1 aromatic carbocycles. The zero-order valence-corrected chi connectivity index (χ0v) is 9.28. The molecule has 1 aromatic rings. The number of carboxylic acids is 1. The van der Waals surface area contributed by atoms with E-state index in [0.29, 0.717) is 6.61 Å². The number of carboxylic acid groups (broad SMARTS) is 1. The molecule has 0 saturated carbocycles. The van der Waals surface area contributed by atoms with Crippen molar-refractivity contribution >= 4 is 5.97 Å². The Morgan fingerprint density at radius 1 is 1.53 bits per heavy atom. The van der Waals surface area contributed by atoms with E-state index in [-0.39, 0.29) is 0 Å². The summed E-state index contributed by atoms with van der Waals surface area (Å²) in [6, 6.07) is 5.49. The predicted molar refractivity (Wildman–Crippen MR) is 58.4 cm³/mol. The van der Waals surface area contributed by atoms with Gasteiger partial charge >= 0.3 is 5.97 Å². The number of hydrogen-bond donors (Lipinski definition) is 1. The van der Waals surface area contributed by atoms with Crippen LogP contribution in [-0.4, -0.2) is 17.7 Å². The van der Waals surface area contributed by atoms with Gasteiger partial charge in [0.25, 0.3) is 0 Å². The van der Waals surface area contributed by atoms with E-state index < -0.39 is 11.9 Å². The molecule has 0 bridgehead atoms. The van der Waals surface area contributed by atoms with Crippen LogP contribution in [0.1, 0.15) is 30.9 Å². The van der Waals surface area contributed by atoms with Gasteiger partial charge in [-0.3, -0.25) is 4.79 Å². The second-order valence-corrected chi connectivity index (χ2v) is 3.52. The summed E-state index contributed by atoms with van der Waals surface area (Å²) in [5.41, 5.74) is 1.78. The van der Waals surface area contributed by atoms with E-state index in [4.69, 9.17) is 9.84 Å². The van der Waals surface area contributed by atoms with Crippen LogP contribution < -0.4 is 4.74 Å². The molecule has 0 aliphatic rings. The smallest absolute Gasteiger partial charge is 0.310 e. The van der Waals surface area contributed by atoms with Crippen molar-refractivity contribution in [3.05, 3.63) is 29.3 Å². The molecule has 0 aliphatic carbocycles. The lowest BCUT2D eigenvalue weighted by Crippen LogP contribution is -2.07. The first-order valence-corrected chi connectivity index (χ1v) is 5.02. The Labute approximate surface area is 89.7 Å². The van der Waals surface area contributed by atoms with E-state index in [0.717, 1.165) is 16.9 Å². The minimum absolute atomic E-state index is 0.473. The number of aliphatic carboxylic acids is 1. The molecule has 0 heterocycles. The highest BCUT2D eigenvalue weighted by atomic mass is 16.5. The quantitative estimate of drug-likeness (QED) is 0.827. The summed E-state index contributed by atoms with van der Waals surface area (Å²) in [6.07, 6.45) is 0. The predicted octanol–water partition coefficient (Wildman–Crippen LogP) is 2.58. The number of benzene rings is 1. The fourth-order valence-corrected chi connectivity index (χ4v) is 1.40. The summed E-state index contributed by atoms with van der Waals surface area (Å²) in [5, 5.41) is 8.87. The van der Waals surface area contributed by atoms with E-state index >= 15 is 0 Å². The van der Waals surface area contributed by atoms with Crippen LogP contribution in [0.4, 0.5) is 0 Å². The molecule has 0 fully saturated rings. The molecule has 3 heteroatoms. The molecule has 15 heavy (non-hydrogen) atoms. The maximum Gasteiger partial charge on any atom is 0.310 e. The molecule has 1 N–H and O–H groups in total. The van der Waals surface area contributed by atoms with Crippen molar-refractivity contribution in [3.63, 3.8) is 0 Å². The fourth-order valence-electron chi connectivity index (χ4n) is 1.40. The second-order valence-electron chi connectivity index (χ2n) is 3.52.